The highest BCUT2D eigenvalue weighted by Gasteiger charge is 2.68. The van der Waals surface area contributed by atoms with E-state index in [4.69, 9.17) is 38.4 Å². The third kappa shape index (κ3) is 5.77. The van der Waals surface area contributed by atoms with Gasteiger partial charge >= 0.3 is 5.97 Å². The fraction of sp³-hybridized carbons (Fsp3) is 0.452. The molecule has 2 fully saturated rings. The van der Waals surface area contributed by atoms with Crippen molar-refractivity contribution < 1.29 is 33.0 Å². The molecule has 6 atom stereocenters. The minimum Gasteiger partial charge on any atom is -0.480 e. The summed E-state index contributed by atoms with van der Waals surface area (Å²) in [6.45, 7) is 10.6. The third-order valence-electron chi connectivity index (χ3n) is 8.41. The number of amides is 1. The second kappa shape index (κ2) is 11.8. The van der Waals surface area contributed by atoms with Crippen LogP contribution in [0.2, 0.25) is 10.0 Å². The molecule has 0 aliphatic carbocycles. The molecule has 2 aromatic carbocycles. The van der Waals surface area contributed by atoms with Crippen molar-refractivity contribution in [1.29, 1.82) is 5.26 Å². The SMILES string of the molecule is C=CC(C)(C)C[C@@H]1N(C(C(N)=O)[C@H]2COC(C)(C)O2)[C@@H](C(=O)O)[C@H](c2cccc(Cl)c2F)[C@@]1(C#N)c1ccc(Cl)cc1F. The molecular formula is C31H33Cl2F2N3O5. The van der Waals surface area contributed by atoms with E-state index in [1.807, 2.05) is 0 Å². The monoisotopic (exact) mass is 635 g/mol. The van der Waals surface area contributed by atoms with Crippen LogP contribution in [0.15, 0.2) is 49.1 Å². The van der Waals surface area contributed by atoms with E-state index in [0.717, 1.165) is 6.07 Å². The number of allylic oxidation sites excluding steroid dienone is 1. The molecule has 2 aliphatic rings. The van der Waals surface area contributed by atoms with Gasteiger partial charge in [0.25, 0.3) is 0 Å². The molecule has 0 radical (unpaired) electrons. The largest absolute Gasteiger partial charge is 0.480 e. The van der Waals surface area contributed by atoms with Gasteiger partial charge in [0.2, 0.25) is 5.91 Å². The Morgan fingerprint density at radius 2 is 1.98 bits per heavy atom. The van der Waals surface area contributed by atoms with Crippen molar-refractivity contribution in [1.82, 2.24) is 4.90 Å². The molecule has 1 amide bonds. The molecule has 8 nitrogen and oxygen atoms in total. The van der Waals surface area contributed by atoms with E-state index in [1.54, 1.807) is 33.8 Å². The summed E-state index contributed by atoms with van der Waals surface area (Å²) >= 11 is 12.2. The molecule has 43 heavy (non-hydrogen) atoms. The Balaban J connectivity index is 2.16. The molecule has 0 saturated carbocycles. The number of hydrogen-bond donors (Lipinski definition) is 2. The molecule has 230 valence electrons. The van der Waals surface area contributed by atoms with Crippen LogP contribution in [0.25, 0.3) is 0 Å². The Hall–Kier alpha value is -3.07. The maximum Gasteiger partial charge on any atom is 0.321 e. The van der Waals surface area contributed by atoms with E-state index < -0.39 is 70.3 Å². The summed E-state index contributed by atoms with van der Waals surface area (Å²) in [5.41, 5.74) is 2.58. The second-order valence-corrected chi connectivity index (χ2v) is 12.9. The van der Waals surface area contributed by atoms with Gasteiger partial charge < -0.3 is 20.3 Å². The molecule has 3 N–H and O–H groups in total. The first-order chi connectivity index (χ1) is 20.0. The maximum absolute atomic E-state index is 16.0. The molecule has 0 spiro atoms. The molecule has 4 rings (SSSR count). The van der Waals surface area contributed by atoms with Gasteiger partial charge in [-0.25, -0.2) is 8.78 Å². The van der Waals surface area contributed by atoms with Crippen LogP contribution in [0, 0.1) is 28.4 Å². The molecule has 0 aromatic heterocycles. The average Bonchev–Trinajstić information content (AvgIpc) is 3.40. The van der Waals surface area contributed by atoms with Crippen molar-refractivity contribution in [3.05, 3.63) is 81.9 Å². The maximum atomic E-state index is 16.0. The Labute approximate surface area is 258 Å². The van der Waals surface area contributed by atoms with Gasteiger partial charge in [0.1, 0.15) is 35.2 Å². The zero-order valence-corrected chi connectivity index (χ0v) is 25.6. The first kappa shape index (κ1) is 32.8. The minimum absolute atomic E-state index is 0.0185. The summed E-state index contributed by atoms with van der Waals surface area (Å²) in [7, 11) is 0. The molecular weight excluding hydrogens is 603 g/mol. The van der Waals surface area contributed by atoms with Gasteiger partial charge in [0.05, 0.1) is 17.7 Å². The van der Waals surface area contributed by atoms with Crippen LogP contribution in [-0.4, -0.2) is 58.5 Å². The number of rotatable bonds is 9. The number of likely N-dealkylation sites (tertiary alicyclic amines) is 1. The molecule has 0 bridgehead atoms. The lowest BCUT2D eigenvalue weighted by atomic mass is 9.62. The number of nitrogens with zero attached hydrogens (tertiary/aromatic N) is 2. The number of carboxylic acids is 1. The molecule has 1 unspecified atom stereocenters. The van der Waals surface area contributed by atoms with Crippen LogP contribution in [0.1, 0.15) is 51.2 Å². The number of aliphatic carboxylic acids is 1. The van der Waals surface area contributed by atoms with Gasteiger partial charge in [-0.3, -0.25) is 14.5 Å². The smallest absolute Gasteiger partial charge is 0.321 e. The topological polar surface area (TPSA) is 126 Å². The standard InChI is InChI=1S/C31H33Cl2F2N3O5/c1-6-29(2,3)13-22-31(15-36,18-11-10-16(32)12-20(18)34)23(17-8-7-9-19(33)24(17)35)26(28(40)41)38(22)25(27(37)39)21-14-42-30(4,5)43-21/h6-12,21-23,25-26H,1,13-14H2,2-5H3,(H2,37,39)(H,40,41)/t21-,22+,23+,25?,26-,31+/m1/s1. The number of halogens is 4. The highest BCUT2D eigenvalue weighted by molar-refractivity contribution is 6.31. The summed E-state index contributed by atoms with van der Waals surface area (Å²) in [6.07, 6.45) is 0.514. The lowest BCUT2D eigenvalue weighted by Crippen LogP contribution is -2.60. The first-order valence-corrected chi connectivity index (χ1v) is 14.3. The third-order valence-corrected chi connectivity index (χ3v) is 8.94. The highest BCUT2D eigenvalue weighted by Crippen LogP contribution is 2.57. The van der Waals surface area contributed by atoms with Gasteiger partial charge in [-0.2, -0.15) is 5.26 Å². The van der Waals surface area contributed by atoms with E-state index >= 15 is 8.78 Å². The predicted molar refractivity (Wildman–Crippen MR) is 156 cm³/mol. The fourth-order valence-electron chi connectivity index (χ4n) is 6.49. The number of hydrogen-bond acceptors (Lipinski definition) is 6. The van der Waals surface area contributed by atoms with Crippen LogP contribution < -0.4 is 5.73 Å². The first-order valence-electron chi connectivity index (χ1n) is 13.6. The predicted octanol–water partition coefficient (Wildman–Crippen LogP) is 5.56. The van der Waals surface area contributed by atoms with Crippen LogP contribution >= 0.6 is 23.2 Å². The van der Waals surface area contributed by atoms with Gasteiger partial charge in [0, 0.05) is 22.5 Å². The van der Waals surface area contributed by atoms with Crippen molar-refractivity contribution in [3.63, 3.8) is 0 Å². The van der Waals surface area contributed by atoms with Gasteiger partial charge in [-0.1, -0.05) is 61.3 Å². The second-order valence-electron chi connectivity index (χ2n) is 12.1. The van der Waals surface area contributed by atoms with E-state index in [2.05, 4.69) is 12.6 Å². The van der Waals surface area contributed by atoms with Crippen molar-refractivity contribution in [2.75, 3.05) is 6.61 Å². The lowest BCUT2D eigenvalue weighted by Gasteiger charge is -2.42. The normalized spacial score (nSPS) is 27.9. The number of nitrogens with two attached hydrogens (primary N) is 1. The lowest BCUT2D eigenvalue weighted by molar-refractivity contribution is -0.159. The summed E-state index contributed by atoms with van der Waals surface area (Å²) in [6, 6.07) is 5.32. The molecule has 2 saturated heterocycles. The van der Waals surface area contributed by atoms with Gasteiger partial charge in [0.15, 0.2) is 5.79 Å². The number of carboxylic acid groups (broad SMARTS) is 1. The minimum atomic E-state index is -2.12. The van der Waals surface area contributed by atoms with E-state index in [0.29, 0.717) is 0 Å². The van der Waals surface area contributed by atoms with Crippen molar-refractivity contribution in [3.8, 4) is 6.07 Å². The summed E-state index contributed by atoms with van der Waals surface area (Å²) in [5.74, 6) is -7.08. The van der Waals surface area contributed by atoms with Crippen LogP contribution in [0.3, 0.4) is 0 Å². The Morgan fingerprint density at radius 1 is 1.30 bits per heavy atom. The Morgan fingerprint density at radius 3 is 2.49 bits per heavy atom. The highest BCUT2D eigenvalue weighted by atomic mass is 35.5. The zero-order chi connectivity index (χ0) is 32.1. The van der Waals surface area contributed by atoms with Crippen molar-refractivity contribution >= 4 is 35.1 Å². The number of primary amides is 1. The van der Waals surface area contributed by atoms with E-state index in [1.165, 1.54) is 35.2 Å². The van der Waals surface area contributed by atoms with Crippen LogP contribution in [0.5, 0.6) is 0 Å². The molecule has 2 aliphatic heterocycles. The number of carbonyl (C=O) groups is 2. The van der Waals surface area contributed by atoms with Crippen LogP contribution in [0.4, 0.5) is 8.78 Å². The number of nitriles is 1. The van der Waals surface area contributed by atoms with Crippen molar-refractivity contribution in [2.24, 2.45) is 11.1 Å². The Bertz CT molecular complexity index is 1500. The molecule has 12 heteroatoms. The molecule has 2 aromatic rings. The number of carbonyl (C=O) groups excluding carboxylic acids is 1. The van der Waals surface area contributed by atoms with E-state index in [-0.39, 0.29) is 34.2 Å². The number of ether oxygens (including phenoxy) is 2. The fourth-order valence-corrected chi connectivity index (χ4v) is 6.83. The van der Waals surface area contributed by atoms with Crippen LogP contribution in [-0.2, 0) is 24.5 Å². The zero-order valence-electron chi connectivity index (χ0n) is 24.1. The van der Waals surface area contributed by atoms with Crippen molar-refractivity contribution in [2.45, 2.75) is 75.5 Å². The Kier molecular flexibility index (Phi) is 9.00. The molecule has 2 heterocycles. The van der Waals surface area contributed by atoms with E-state index in [9.17, 15) is 20.0 Å². The van der Waals surface area contributed by atoms with Gasteiger partial charge in [-0.05, 0) is 49.4 Å². The van der Waals surface area contributed by atoms with Gasteiger partial charge in [-0.15, -0.1) is 6.58 Å². The summed E-state index contributed by atoms with van der Waals surface area (Å²) in [5, 5.41) is 21.7. The summed E-state index contributed by atoms with van der Waals surface area (Å²) < 4.78 is 43.7. The number of benzene rings is 2. The quantitative estimate of drug-likeness (QED) is 0.345. The average molecular weight is 637 g/mol. The summed E-state index contributed by atoms with van der Waals surface area (Å²) in [4.78, 5) is 27.9.